The average molecular weight is 470 g/mol. The summed E-state index contributed by atoms with van der Waals surface area (Å²) >= 11 is 10.2. The molecule has 0 fully saturated rings. The van der Waals surface area contributed by atoms with E-state index in [-0.39, 0.29) is 10.1 Å². The van der Waals surface area contributed by atoms with Crippen LogP contribution in [0.1, 0.15) is 5.76 Å². The van der Waals surface area contributed by atoms with Crippen molar-refractivity contribution in [1.29, 1.82) is 0 Å². The van der Waals surface area contributed by atoms with Crippen molar-refractivity contribution < 1.29 is 14.3 Å². The first-order valence-corrected chi connectivity index (χ1v) is 9.60. The summed E-state index contributed by atoms with van der Waals surface area (Å²) in [5.41, 5.74) is 0.796. The summed E-state index contributed by atoms with van der Waals surface area (Å²) < 4.78 is 6.38. The van der Waals surface area contributed by atoms with Crippen LogP contribution in [0.4, 0.5) is 5.88 Å². The minimum Gasteiger partial charge on any atom is -0.477 e. The van der Waals surface area contributed by atoms with Crippen LogP contribution in [0.2, 0.25) is 5.02 Å². The van der Waals surface area contributed by atoms with Crippen LogP contribution in [0.5, 0.6) is 0 Å². The third-order valence-electron chi connectivity index (χ3n) is 3.36. The van der Waals surface area contributed by atoms with Crippen LogP contribution in [0.25, 0.3) is 17.5 Å². The van der Waals surface area contributed by atoms with Crippen molar-refractivity contribution in [3.8, 4) is 11.4 Å². The fraction of sp³-hybridized carbons (Fsp3) is 0.118. The van der Waals surface area contributed by atoms with E-state index >= 15 is 0 Å². The molecule has 10 heteroatoms. The Morgan fingerprint density at radius 3 is 2.67 bits per heavy atom. The van der Waals surface area contributed by atoms with E-state index in [9.17, 15) is 9.90 Å². The van der Waals surface area contributed by atoms with Gasteiger partial charge in [-0.3, -0.25) is 5.10 Å². The predicted molar refractivity (Wildman–Crippen MR) is 109 cm³/mol. The minimum atomic E-state index is -1.10. The van der Waals surface area contributed by atoms with E-state index in [1.54, 1.807) is 35.2 Å². The molecule has 3 aromatic rings. The van der Waals surface area contributed by atoms with Crippen LogP contribution in [0, 0.1) is 0 Å². The third kappa shape index (κ3) is 4.74. The van der Waals surface area contributed by atoms with Crippen molar-refractivity contribution in [1.82, 2.24) is 15.2 Å². The number of carboxylic acid groups (broad SMARTS) is 1. The molecule has 2 N–H and O–H groups in total. The monoisotopic (exact) mass is 468 g/mol. The third-order valence-corrected chi connectivity index (χ3v) is 5.06. The Bertz CT molecular complexity index is 998. The van der Waals surface area contributed by atoms with Gasteiger partial charge in [0.05, 0.1) is 4.47 Å². The number of thioether (sulfide) groups is 1. The number of rotatable bonds is 6. The Morgan fingerprint density at radius 1 is 1.37 bits per heavy atom. The molecule has 0 amide bonds. The molecule has 0 atom stereocenters. The SMILES string of the molecule is CN(C)c1oc(/C=C(\Sc2n[nH]c(-c3ccc(Cl)cc3)n2)C(=O)O)cc1Br. The first kappa shape index (κ1) is 19.5. The number of aliphatic carboxylic acids is 1. The first-order valence-electron chi connectivity index (χ1n) is 7.61. The highest BCUT2D eigenvalue weighted by molar-refractivity contribution is 9.10. The normalized spacial score (nSPS) is 11.6. The number of halogens is 2. The van der Waals surface area contributed by atoms with Gasteiger partial charge >= 0.3 is 5.97 Å². The molecule has 0 bridgehead atoms. The van der Waals surface area contributed by atoms with Gasteiger partial charge in [-0.05, 0) is 52.0 Å². The van der Waals surface area contributed by atoms with E-state index in [2.05, 4.69) is 31.1 Å². The molecule has 140 valence electrons. The van der Waals surface area contributed by atoms with Gasteiger partial charge in [-0.15, -0.1) is 5.10 Å². The molecule has 2 aromatic heterocycles. The Hall–Kier alpha value is -2.23. The average Bonchev–Trinajstić information content (AvgIpc) is 3.21. The van der Waals surface area contributed by atoms with Crippen LogP contribution >= 0.6 is 39.3 Å². The summed E-state index contributed by atoms with van der Waals surface area (Å²) in [4.78, 5) is 17.8. The summed E-state index contributed by atoms with van der Waals surface area (Å²) in [6, 6.07) is 8.79. The molecule has 3 rings (SSSR count). The second-order valence-electron chi connectivity index (χ2n) is 5.59. The van der Waals surface area contributed by atoms with Crippen LogP contribution in [-0.4, -0.2) is 40.4 Å². The summed E-state index contributed by atoms with van der Waals surface area (Å²) in [5.74, 6) is 0.425. The number of hydrogen-bond acceptors (Lipinski definition) is 6. The molecular weight excluding hydrogens is 456 g/mol. The van der Waals surface area contributed by atoms with E-state index in [0.29, 0.717) is 22.5 Å². The molecule has 0 aliphatic carbocycles. The Morgan fingerprint density at radius 2 is 2.07 bits per heavy atom. The smallest absolute Gasteiger partial charge is 0.342 e. The molecular formula is C17H14BrClN4O3S. The van der Waals surface area contributed by atoms with Gasteiger partial charge in [0.15, 0.2) is 5.82 Å². The molecule has 7 nitrogen and oxygen atoms in total. The number of benzene rings is 1. The van der Waals surface area contributed by atoms with Crippen molar-refractivity contribution >= 4 is 57.2 Å². The maximum atomic E-state index is 11.6. The van der Waals surface area contributed by atoms with Crippen LogP contribution in [-0.2, 0) is 4.79 Å². The molecule has 27 heavy (non-hydrogen) atoms. The number of H-pyrrole nitrogens is 1. The molecule has 1 aromatic carbocycles. The quantitative estimate of drug-likeness (QED) is 0.397. The van der Waals surface area contributed by atoms with Gasteiger partial charge < -0.3 is 14.4 Å². The Labute approximate surface area is 172 Å². The van der Waals surface area contributed by atoms with Gasteiger partial charge in [0.2, 0.25) is 11.0 Å². The fourth-order valence-electron chi connectivity index (χ4n) is 2.14. The summed E-state index contributed by atoms with van der Waals surface area (Å²) in [6.45, 7) is 0. The summed E-state index contributed by atoms with van der Waals surface area (Å²) in [5, 5.41) is 17.3. The van der Waals surface area contributed by atoms with E-state index in [1.807, 2.05) is 14.1 Å². The molecule has 0 spiro atoms. The zero-order valence-electron chi connectivity index (χ0n) is 14.2. The van der Waals surface area contributed by atoms with Crippen molar-refractivity contribution in [2.75, 3.05) is 19.0 Å². The van der Waals surface area contributed by atoms with Gasteiger partial charge in [-0.25, -0.2) is 9.78 Å². The van der Waals surface area contributed by atoms with E-state index < -0.39 is 5.97 Å². The second-order valence-corrected chi connectivity index (χ2v) is 7.89. The number of anilines is 1. The molecule has 0 radical (unpaired) electrons. The standard InChI is InChI=1S/C17H14BrClN4O3S/c1-23(2)15-12(18)7-11(26-15)8-13(16(24)25)27-17-20-14(21-22-17)9-3-5-10(19)6-4-9/h3-8H,1-2H3,(H,24,25)(H,20,21,22)/b13-8-. The number of carboxylic acids is 1. The number of aromatic amines is 1. The number of furan rings is 1. The van der Waals surface area contributed by atoms with Gasteiger partial charge in [0.1, 0.15) is 10.7 Å². The molecule has 0 aliphatic rings. The van der Waals surface area contributed by atoms with Crippen molar-refractivity contribution in [2.45, 2.75) is 5.16 Å². The Kier molecular flexibility index (Phi) is 5.93. The molecule has 0 saturated heterocycles. The lowest BCUT2D eigenvalue weighted by Crippen LogP contribution is -2.07. The summed E-state index contributed by atoms with van der Waals surface area (Å²) in [6.07, 6.45) is 1.43. The lowest BCUT2D eigenvalue weighted by atomic mass is 10.2. The molecule has 0 unspecified atom stereocenters. The number of aromatic nitrogens is 3. The van der Waals surface area contributed by atoms with E-state index in [1.165, 1.54) is 6.08 Å². The highest BCUT2D eigenvalue weighted by Crippen LogP contribution is 2.33. The van der Waals surface area contributed by atoms with Crippen molar-refractivity contribution in [3.63, 3.8) is 0 Å². The van der Waals surface area contributed by atoms with Crippen molar-refractivity contribution in [2.24, 2.45) is 0 Å². The van der Waals surface area contributed by atoms with Gasteiger partial charge in [-0.2, -0.15) is 0 Å². The minimum absolute atomic E-state index is 0.0308. The van der Waals surface area contributed by atoms with Crippen LogP contribution in [0.3, 0.4) is 0 Å². The lowest BCUT2D eigenvalue weighted by Gasteiger charge is -2.07. The zero-order chi connectivity index (χ0) is 19.6. The van der Waals surface area contributed by atoms with E-state index in [0.717, 1.165) is 21.8 Å². The maximum absolute atomic E-state index is 11.6. The van der Waals surface area contributed by atoms with Crippen LogP contribution in [0.15, 0.2) is 49.3 Å². The molecule has 0 aliphatic heterocycles. The number of nitrogens with zero attached hydrogens (tertiary/aromatic N) is 3. The Balaban J connectivity index is 1.84. The number of nitrogens with one attached hydrogen (secondary N) is 1. The molecule has 0 saturated carbocycles. The van der Waals surface area contributed by atoms with Crippen LogP contribution < -0.4 is 4.90 Å². The molecule has 2 heterocycles. The van der Waals surface area contributed by atoms with Gasteiger partial charge in [0, 0.05) is 36.8 Å². The second kappa shape index (κ2) is 8.20. The first-order chi connectivity index (χ1) is 12.8. The largest absolute Gasteiger partial charge is 0.477 e. The number of hydrogen-bond donors (Lipinski definition) is 2. The fourth-order valence-corrected chi connectivity index (χ4v) is 3.62. The van der Waals surface area contributed by atoms with Gasteiger partial charge in [-0.1, -0.05) is 11.6 Å². The van der Waals surface area contributed by atoms with Crippen molar-refractivity contribution in [3.05, 3.63) is 50.5 Å². The highest BCUT2D eigenvalue weighted by atomic mass is 79.9. The van der Waals surface area contributed by atoms with Gasteiger partial charge in [0.25, 0.3) is 0 Å². The zero-order valence-corrected chi connectivity index (χ0v) is 17.4. The maximum Gasteiger partial charge on any atom is 0.342 e. The lowest BCUT2D eigenvalue weighted by molar-refractivity contribution is -0.131. The predicted octanol–water partition coefficient (Wildman–Crippen LogP) is 4.76. The number of carbonyl (C=O) groups is 1. The van der Waals surface area contributed by atoms with E-state index in [4.69, 9.17) is 16.0 Å². The topological polar surface area (TPSA) is 95.3 Å². The highest BCUT2D eigenvalue weighted by Gasteiger charge is 2.17. The summed E-state index contributed by atoms with van der Waals surface area (Å²) in [7, 11) is 3.66.